The number of fused-ring (bicyclic) bond motifs is 2. The number of benzene rings is 3. The zero-order valence-corrected chi connectivity index (χ0v) is 14.6. The minimum absolute atomic E-state index is 0.104. The standard InChI is InChI=1S/C22H20S/c1-22(2,3)21-17-11-6-4-9-15(17)20(19-13-8-14-23-19)16-10-5-7-12-18(16)21/h4-14H,1-3H3. The van der Waals surface area contributed by atoms with Gasteiger partial charge in [-0.15, -0.1) is 11.3 Å². The Bertz CT molecular complexity index is 929. The lowest BCUT2D eigenvalue weighted by atomic mass is 9.78. The van der Waals surface area contributed by atoms with Crippen molar-refractivity contribution in [3.63, 3.8) is 0 Å². The van der Waals surface area contributed by atoms with Gasteiger partial charge in [0.05, 0.1) is 0 Å². The molecule has 0 unspecified atom stereocenters. The summed E-state index contributed by atoms with van der Waals surface area (Å²) in [5.74, 6) is 0. The van der Waals surface area contributed by atoms with Crippen LogP contribution in [0.5, 0.6) is 0 Å². The second kappa shape index (κ2) is 5.21. The molecule has 0 saturated heterocycles. The van der Waals surface area contributed by atoms with Gasteiger partial charge in [0.15, 0.2) is 0 Å². The van der Waals surface area contributed by atoms with Crippen molar-refractivity contribution < 1.29 is 0 Å². The predicted molar refractivity (Wildman–Crippen MR) is 103 cm³/mol. The van der Waals surface area contributed by atoms with Gasteiger partial charge in [-0.2, -0.15) is 0 Å². The fourth-order valence-corrected chi connectivity index (χ4v) is 4.42. The first-order valence-electron chi connectivity index (χ1n) is 8.05. The third kappa shape index (κ3) is 2.27. The lowest BCUT2D eigenvalue weighted by Gasteiger charge is -2.25. The molecule has 1 heterocycles. The quantitative estimate of drug-likeness (QED) is 0.331. The fourth-order valence-electron chi connectivity index (χ4n) is 3.62. The Hall–Kier alpha value is -2.12. The van der Waals surface area contributed by atoms with Gasteiger partial charge in [-0.1, -0.05) is 75.4 Å². The van der Waals surface area contributed by atoms with Crippen LogP contribution in [0.2, 0.25) is 0 Å². The molecule has 4 aromatic rings. The van der Waals surface area contributed by atoms with Crippen molar-refractivity contribution in [2.24, 2.45) is 0 Å². The molecule has 0 atom stereocenters. The average molecular weight is 316 g/mol. The van der Waals surface area contributed by atoms with Gasteiger partial charge in [-0.05, 0) is 44.0 Å². The molecule has 1 heteroatoms. The molecule has 0 saturated carbocycles. The highest BCUT2D eigenvalue weighted by atomic mass is 32.1. The Morgan fingerprint density at radius 2 is 1.17 bits per heavy atom. The summed E-state index contributed by atoms with van der Waals surface area (Å²) in [4.78, 5) is 1.35. The second-order valence-corrected chi connectivity index (χ2v) is 8.02. The monoisotopic (exact) mass is 316 g/mol. The van der Waals surface area contributed by atoms with Crippen LogP contribution in [-0.2, 0) is 5.41 Å². The first-order valence-corrected chi connectivity index (χ1v) is 8.93. The van der Waals surface area contributed by atoms with Gasteiger partial charge in [-0.3, -0.25) is 0 Å². The highest BCUT2D eigenvalue weighted by molar-refractivity contribution is 7.13. The Morgan fingerprint density at radius 1 is 0.652 bits per heavy atom. The van der Waals surface area contributed by atoms with Gasteiger partial charge in [-0.25, -0.2) is 0 Å². The van der Waals surface area contributed by atoms with Crippen LogP contribution in [0.1, 0.15) is 26.3 Å². The van der Waals surface area contributed by atoms with Gasteiger partial charge in [0.25, 0.3) is 0 Å². The van der Waals surface area contributed by atoms with Crippen molar-refractivity contribution in [1.29, 1.82) is 0 Å². The van der Waals surface area contributed by atoms with Crippen LogP contribution in [0.15, 0.2) is 66.0 Å². The van der Waals surface area contributed by atoms with Crippen molar-refractivity contribution in [2.75, 3.05) is 0 Å². The van der Waals surface area contributed by atoms with Crippen molar-refractivity contribution in [3.05, 3.63) is 71.6 Å². The van der Waals surface area contributed by atoms with Gasteiger partial charge >= 0.3 is 0 Å². The zero-order valence-electron chi connectivity index (χ0n) is 13.8. The van der Waals surface area contributed by atoms with Crippen molar-refractivity contribution in [2.45, 2.75) is 26.2 Å². The molecule has 0 aliphatic heterocycles. The van der Waals surface area contributed by atoms with E-state index < -0.39 is 0 Å². The third-order valence-electron chi connectivity index (χ3n) is 4.45. The number of hydrogen-bond acceptors (Lipinski definition) is 1. The lowest BCUT2D eigenvalue weighted by molar-refractivity contribution is 0.601. The topological polar surface area (TPSA) is 0 Å². The first-order chi connectivity index (χ1) is 11.1. The van der Waals surface area contributed by atoms with Gasteiger partial charge in [0.2, 0.25) is 0 Å². The maximum Gasteiger partial charge on any atom is 0.0355 e. The highest BCUT2D eigenvalue weighted by Crippen LogP contribution is 2.44. The van der Waals surface area contributed by atoms with Crippen LogP contribution in [-0.4, -0.2) is 0 Å². The lowest BCUT2D eigenvalue weighted by Crippen LogP contribution is -2.13. The van der Waals surface area contributed by atoms with E-state index >= 15 is 0 Å². The smallest absolute Gasteiger partial charge is 0.0355 e. The summed E-state index contributed by atoms with van der Waals surface area (Å²) in [7, 11) is 0. The molecular formula is C22H20S. The first kappa shape index (κ1) is 14.5. The molecule has 4 rings (SSSR count). The zero-order chi connectivity index (χ0) is 16.0. The van der Waals surface area contributed by atoms with E-state index in [4.69, 9.17) is 0 Å². The molecule has 0 spiro atoms. The normalized spacial score (nSPS) is 12.1. The summed E-state index contributed by atoms with van der Waals surface area (Å²) < 4.78 is 0. The molecule has 0 N–H and O–H groups in total. The van der Waals surface area contributed by atoms with Crippen molar-refractivity contribution >= 4 is 32.9 Å². The second-order valence-electron chi connectivity index (χ2n) is 7.07. The van der Waals surface area contributed by atoms with E-state index in [0.29, 0.717) is 0 Å². The molecule has 1 aromatic heterocycles. The molecule has 0 aliphatic carbocycles. The minimum atomic E-state index is 0.104. The van der Waals surface area contributed by atoms with Crippen LogP contribution < -0.4 is 0 Å². The summed E-state index contributed by atoms with van der Waals surface area (Å²) in [6.45, 7) is 6.93. The number of hydrogen-bond donors (Lipinski definition) is 0. The third-order valence-corrected chi connectivity index (χ3v) is 5.34. The molecule has 0 fully saturated rings. The largest absolute Gasteiger partial charge is 0.144 e. The van der Waals surface area contributed by atoms with Gasteiger partial charge in [0, 0.05) is 10.4 Å². The van der Waals surface area contributed by atoms with Crippen LogP contribution in [0.3, 0.4) is 0 Å². The van der Waals surface area contributed by atoms with E-state index in [0.717, 1.165) is 0 Å². The molecule has 0 aliphatic rings. The summed E-state index contributed by atoms with van der Waals surface area (Å²) in [6.07, 6.45) is 0. The van der Waals surface area contributed by atoms with E-state index in [2.05, 4.69) is 86.8 Å². The summed E-state index contributed by atoms with van der Waals surface area (Å²) in [6, 6.07) is 22.1. The van der Waals surface area contributed by atoms with Crippen LogP contribution in [0, 0.1) is 0 Å². The summed E-state index contributed by atoms with van der Waals surface area (Å²) >= 11 is 1.82. The number of thiophene rings is 1. The summed E-state index contributed by atoms with van der Waals surface area (Å²) in [5, 5.41) is 7.64. The van der Waals surface area contributed by atoms with E-state index in [1.807, 2.05) is 11.3 Å². The van der Waals surface area contributed by atoms with Crippen molar-refractivity contribution in [3.8, 4) is 10.4 Å². The number of rotatable bonds is 1. The van der Waals surface area contributed by atoms with Gasteiger partial charge in [0.1, 0.15) is 0 Å². The van der Waals surface area contributed by atoms with Crippen LogP contribution >= 0.6 is 11.3 Å². The molecule has 23 heavy (non-hydrogen) atoms. The van der Waals surface area contributed by atoms with Crippen molar-refractivity contribution in [1.82, 2.24) is 0 Å². The van der Waals surface area contributed by atoms with Gasteiger partial charge < -0.3 is 0 Å². The molecule has 114 valence electrons. The molecule has 0 bridgehead atoms. The molecular weight excluding hydrogens is 296 g/mol. The maximum absolute atomic E-state index is 2.31. The molecule has 3 aromatic carbocycles. The van der Waals surface area contributed by atoms with E-state index in [1.54, 1.807) is 0 Å². The Morgan fingerprint density at radius 3 is 1.61 bits per heavy atom. The SMILES string of the molecule is CC(C)(C)c1c2ccccc2c(-c2cccs2)c2ccccc12. The Kier molecular flexibility index (Phi) is 3.28. The highest BCUT2D eigenvalue weighted by Gasteiger charge is 2.23. The van der Waals surface area contributed by atoms with E-state index in [9.17, 15) is 0 Å². The molecule has 0 radical (unpaired) electrons. The van der Waals surface area contributed by atoms with Crippen LogP contribution in [0.4, 0.5) is 0 Å². The van der Waals surface area contributed by atoms with Crippen LogP contribution in [0.25, 0.3) is 32.0 Å². The Labute approximate surface area is 141 Å². The maximum atomic E-state index is 2.31. The molecule has 0 nitrogen and oxygen atoms in total. The fraction of sp³-hybridized carbons (Fsp3) is 0.182. The van der Waals surface area contributed by atoms with E-state index in [1.165, 1.54) is 37.5 Å². The average Bonchev–Trinajstić information content (AvgIpc) is 3.05. The molecule has 0 amide bonds. The summed E-state index contributed by atoms with van der Waals surface area (Å²) in [5.41, 5.74) is 2.93. The Balaban J connectivity index is 2.30. The van der Waals surface area contributed by atoms with E-state index in [-0.39, 0.29) is 5.41 Å². The predicted octanol–water partition coefficient (Wildman–Crippen LogP) is 7.02. The minimum Gasteiger partial charge on any atom is -0.144 e.